The maximum Gasteiger partial charge on any atom is 0.289 e. The molecule has 1 amide bonds. The molecule has 0 aromatic carbocycles. The summed E-state index contributed by atoms with van der Waals surface area (Å²) in [7, 11) is 0. The lowest BCUT2D eigenvalue weighted by Crippen LogP contribution is -2.29. The number of aromatic nitrogens is 5. The van der Waals surface area contributed by atoms with Crippen molar-refractivity contribution in [1.29, 1.82) is 0 Å². The first-order chi connectivity index (χ1) is 13.0. The molecule has 3 heterocycles. The van der Waals surface area contributed by atoms with E-state index < -0.39 is 0 Å². The van der Waals surface area contributed by atoms with E-state index in [9.17, 15) is 4.79 Å². The van der Waals surface area contributed by atoms with Gasteiger partial charge < -0.3 is 10.6 Å². The van der Waals surface area contributed by atoms with Crippen molar-refractivity contribution in [2.75, 3.05) is 11.9 Å². The first kappa shape index (κ1) is 18.5. The molecule has 140 valence electrons. The third-order valence-electron chi connectivity index (χ3n) is 4.39. The first-order valence-electron chi connectivity index (χ1n) is 8.82. The lowest BCUT2D eigenvalue weighted by Gasteiger charge is -2.15. The molecule has 3 rings (SSSR count). The Balaban J connectivity index is 1.69. The SMILES string of the molecule is Cc1nc(C(=O)N[C@H](C)c2cccnc2)nc(NCCc2cn[nH]c2)c1C. The van der Waals surface area contributed by atoms with Crippen LogP contribution in [0.2, 0.25) is 0 Å². The van der Waals surface area contributed by atoms with Crippen molar-refractivity contribution in [3.8, 4) is 0 Å². The van der Waals surface area contributed by atoms with Crippen molar-refractivity contribution < 1.29 is 4.79 Å². The Kier molecular flexibility index (Phi) is 5.75. The van der Waals surface area contributed by atoms with E-state index >= 15 is 0 Å². The Morgan fingerprint density at radius 2 is 2.11 bits per heavy atom. The monoisotopic (exact) mass is 365 g/mol. The van der Waals surface area contributed by atoms with Gasteiger partial charge in [-0.05, 0) is 44.4 Å². The van der Waals surface area contributed by atoms with Crippen LogP contribution in [-0.4, -0.2) is 37.6 Å². The van der Waals surface area contributed by atoms with Crippen molar-refractivity contribution in [2.45, 2.75) is 33.2 Å². The summed E-state index contributed by atoms with van der Waals surface area (Å²) >= 11 is 0. The number of carbonyl (C=O) groups is 1. The van der Waals surface area contributed by atoms with Crippen molar-refractivity contribution in [3.63, 3.8) is 0 Å². The number of amides is 1. The number of nitrogens with zero attached hydrogens (tertiary/aromatic N) is 4. The molecule has 3 N–H and O–H groups in total. The van der Waals surface area contributed by atoms with Gasteiger partial charge in [0.05, 0.1) is 12.2 Å². The van der Waals surface area contributed by atoms with Crippen LogP contribution in [0.15, 0.2) is 36.9 Å². The number of hydrogen-bond donors (Lipinski definition) is 3. The average Bonchev–Trinajstić information content (AvgIpc) is 3.19. The molecule has 0 fully saturated rings. The standard InChI is InChI=1S/C19H23N7O/c1-12-13(2)24-18(19(27)25-14(3)16-5-4-7-20-11-16)26-17(12)21-8-6-15-9-22-23-10-15/h4-5,7,9-11,14H,6,8H2,1-3H3,(H,22,23)(H,25,27)(H,21,24,26)/t14-/m1/s1. The lowest BCUT2D eigenvalue weighted by atomic mass is 10.1. The fourth-order valence-corrected chi connectivity index (χ4v) is 2.62. The fraction of sp³-hybridized carbons (Fsp3) is 0.316. The van der Waals surface area contributed by atoms with Gasteiger partial charge in [0.15, 0.2) is 0 Å². The highest BCUT2D eigenvalue weighted by Crippen LogP contribution is 2.16. The number of nitrogens with one attached hydrogen (secondary N) is 3. The van der Waals surface area contributed by atoms with E-state index in [1.165, 1.54) is 0 Å². The second-order valence-corrected chi connectivity index (χ2v) is 6.37. The normalized spacial score (nSPS) is 11.8. The summed E-state index contributed by atoms with van der Waals surface area (Å²) in [4.78, 5) is 25.5. The molecule has 0 aliphatic heterocycles. The molecule has 0 aliphatic carbocycles. The van der Waals surface area contributed by atoms with E-state index in [2.05, 4.69) is 35.8 Å². The van der Waals surface area contributed by atoms with Crippen LogP contribution in [0.3, 0.4) is 0 Å². The third kappa shape index (κ3) is 4.66. The predicted octanol–water partition coefficient (Wildman–Crippen LogP) is 2.36. The van der Waals surface area contributed by atoms with Crippen LogP contribution >= 0.6 is 0 Å². The minimum Gasteiger partial charge on any atom is -0.369 e. The van der Waals surface area contributed by atoms with Gasteiger partial charge >= 0.3 is 0 Å². The van der Waals surface area contributed by atoms with Gasteiger partial charge in [-0.15, -0.1) is 0 Å². The number of anilines is 1. The second kappa shape index (κ2) is 8.39. The number of carbonyl (C=O) groups excluding carboxylic acids is 1. The topological polar surface area (TPSA) is 108 Å². The molecule has 0 bridgehead atoms. The van der Waals surface area contributed by atoms with E-state index in [0.717, 1.165) is 28.8 Å². The summed E-state index contributed by atoms with van der Waals surface area (Å²) in [5.74, 6) is 0.511. The van der Waals surface area contributed by atoms with Crippen molar-refractivity contribution in [2.24, 2.45) is 0 Å². The quantitative estimate of drug-likeness (QED) is 0.593. The Morgan fingerprint density at radius 1 is 1.26 bits per heavy atom. The third-order valence-corrected chi connectivity index (χ3v) is 4.39. The molecular weight excluding hydrogens is 342 g/mol. The summed E-state index contributed by atoms with van der Waals surface area (Å²) in [5.41, 5.74) is 3.73. The van der Waals surface area contributed by atoms with Gasteiger partial charge in [0.2, 0.25) is 5.82 Å². The Hall–Kier alpha value is -3.29. The highest BCUT2D eigenvalue weighted by Gasteiger charge is 2.17. The van der Waals surface area contributed by atoms with Crippen molar-refractivity contribution >= 4 is 11.7 Å². The van der Waals surface area contributed by atoms with Gasteiger partial charge in [0.25, 0.3) is 5.91 Å². The van der Waals surface area contributed by atoms with E-state index in [4.69, 9.17) is 0 Å². The molecule has 0 saturated heterocycles. The molecule has 0 aliphatic rings. The van der Waals surface area contributed by atoms with E-state index in [1.54, 1.807) is 18.6 Å². The second-order valence-electron chi connectivity index (χ2n) is 6.37. The average molecular weight is 365 g/mol. The lowest BCUT2D eigenvalue weighted by molar-refractivity contribution is 0.0929. The number of aryl methyl sites for hydroxylation is 1. The number of rotatable bonds is 7. The Labute approximate surface area is 157 Å². The van der Waals surface area contributed by atoms with Crippen LogP contribution in [0.5, 0.6) is 0 Å². The van der Waals surface area contributed by atoms with Crippen LogP contribution in [0.1, 0.15) is 46.0 Å². The molecule has 8 heteroatoms. The van der Waals surface area contributed by atoms with E-state index in [-0.39, 0.29) is 17.8 Å². The molecule has 0 spiro atoms. The van der Waals surface area contributed by atoms with Crippen molar-refractivity contribution in [1.82, 2.24) is 30.5 Å². The smallest absolute Gasteiger partial charge is 0.289 e. The molecule has 27 heavy (non-hydrogen) atoms. The van der Waals surface area contributed by atoms with Crippen LogP contribution in [0.4, 0.5) is 5.82 Å². The van der Waals surface area contributed by atoms with Gasteiger partial charge in [-0.1, -0.05) is 6.07 Å². The molecular formula is C19H23N7O. The van der Waals surface area contributed by atoms with E-state index in [0.29, 0.717) is 12.4 Å². The molecule has 0 saturated carbocycles. The van der Waals surface area contributed by atoms with Crippen LogP contribution in [-0.2, 0) is 6.42 Å². The number of hydrogen-bond acceptors (Lipinski definition) is 6. The van der Waals surface area contributed by atoms with Gasteiger partial charge in [-0.3, -0.25) is 14.9 Å². The van der Waals surface area contributed by atoms with Crippen molar-refractivity contribution in [3.05, 3.63) is 65.1 Å². The zero-order chi connectivity index (χ0) is 19.2. The molecule has 0 radical (unpaired) electrons. The molecule has 1 atom stereocenters. The number of H-pyrrole nitrogens is 1. The molecule has 3 aromatic heterocycles. The zero-order valence-electron chi connectivity index (χ0n) is 15.7. The molecule has 3 aromatic rings. The highest BCUT2D eigenvalue weighted by atomic mass is 16.2. The number of aromatic amines is 1. The fourth-order valence-electron chi connectivity index (χ4n) is 2.62. The van der Waals surface area contributed by atoms with Gasteiger partial charge in [0, 0.05) is 36.4 Å². The molecule has 8 nitrogen and oxygen atoms in total. The maximum absolute atomic E-state index is 12.6. The van der Waals surface area contributed by atoms with Crippen LogP contribution in [0, 0.1) is 13.8 Å². The van der Waals surface area contributed by atoms with Gasteiger partial charge in [-0.25, -0.2) is 9.97 Å². The Bertz CT molecular complexity index is 894. The van der Waals surface area contributed by atoms with Crippen LogP contribution < -0.4 is 10.6 Å². The zero-order valence-corrected chi connectivity index (χ0v) is 15.7. The van der Waals surface area contributed by atoms with Gasteiger partial charge in [0.1, 0.15) is 5.82 Å². The number of pyridine rings is 1. The molecule has 0 unspecified atom stereocenters. The van der Waals surface area contributed by atoms with E-state index in [1.807, 2.05) is 39.1 Å². The van der Waals surface area contributed by atoms with Gasteiger partial charge in [-0.2, -0.15) is 5.10 Å². The summed E-state index contributed by atoms with van der Waals surface area (Å²) in [6.07, 6.45) is 7.89. The summed E-state index contributed by atoms with van der Waals surface area (Å²) in [5, 5.41) is 12.9. The first-order valence-corrected chi connectivity index (χ1v) is 8.82. The Morgan fingerprint density at radius 3 is 2.81 bits per heavy atom. The summed E-state index contributed by atoms with van der Waals surface area (Å²) in [6.45, 7) is 6.40. The van der Waals surface area contributed by atoms with Crippen LogP contribution in [0.25, 0.3) is 0 Å². The summed E-state index contributed by atoms with van der Waals surface area (Å²) < 4.78 is 0. The highest BCUT2D eigenvalue weighted by molar-refractivity contribution is 5.91. The largest absolute Gasteiger partial charge is 0.369 e. The minimum absolute atomic E-state index is 0.152. The predicted molar refractivity (Wildman–Crippen MR) is 102 cm³/mol. The minimum atomic E-state index is -0.313. The summed E-state index contributed by atoms with van der Waals surface area (Å²) in [6, 6.07) is 3.57. The maximum atomic E-state index is 12.6.